The third kappa shape index (κ3) is 6.42. The van der Waals surface area contributed by atoms with Gasteiger partial charge in [0.1, 0.15) is 0 Å². The van der Waals surface area contributed by atoms with Crippen molar-refractivity contribution in [1.82, 2.24) is 4.57 Å². The van der Waals surface area contributed by atoms with Crippen molar-refractivity contribution < 1.29 is 0 Å². The fraction of sp³-hybridized carbons (Fsp3) is 0.0145. The van der Waals surface area contributed by atoms with Gasteiger partial charge in [-0.1, -0.05) is 224 Å². The molecule has 1 heterocycles. The fourth-order valence-corrected chi connectivity index (χ4v) is 11.9. The van der Waals surface area contributed by atoms with E-state index in [1.807, 2.05) is 0 Å². The maximum Gasteiger partial charge on any atom is 0.0714 e. The zero-order valence-electron chi connectivity index (χ0n) is 39.0. The smallest absolute Gasteiger partial charge is 0.0714 e. The predicted molar refractivity (Wildman–Crippen MR) is 299 cm³/mol. The van der Waals surface area contributed by atoms with Crippen LogP contribution in [-0.4, -0.2) is 4.57 Å². The van der Waals surface area contributed by atoms with Gasteiger partial charge in [0.15, 0.2) is 0 Å². The second kappa shape index (κ2) is 16.5. The minimum absolute atomic E-state index is 0.496. The Kier molecular flexibility index (Phi) is 9.47. The van der Waals surface area contributed by atoms with Gasteiger partial charge in [0.2, 0.25) is 0 Å². The molecule has 14 rings (SSSR count). The summed E-state index contributed by atoms with van der Waals surface area (Å²) in [7, 11) is 0. The molecule has 1 aliphatic carbocycles. The lowest BCUT2D eigenvalue weighted by atomic mass is 9.67. The van der Waals surface area contributed by atoms with Gasteiger partial charge in [-0.25, -0.2) is 0 Å². The third-order valence-corrected chi connectivity index (χ3v) is 15.0. The maximum absolute atomic E-state index is 2.49. The molecule has 0 unspecified atom stereocenters. The zero-order chi connectivity index (χ0) is 46.9. The molecule has 0 fully saturated rings. The molecule has 0 saturated carbocycles. The molecule has 71 heavy (non-hydrogen) atoms. The van der Waals surface area contributed by atoms with Gasteiger partial charge in [0.25, 0.3) is 0 Å². The Morgan fingerprint density at radius 1 is 0.296 bits per heavy atom. The quantitative estimate of drug-likeness (QED) is 0.147. The van der Waals surface area contributed by atoms with E-state index in [0.717, 1.165) is 28.3 Å². The lowest BCUT2D eigenvalue weighted by Crippen LogP contribution is -2.28. The lowest BCUT2D eigenvalue weighted by molar-refractivity contribution is 0.767. The molecule has 0 amide bonds. The summed E-state index contributed by atoms with van der Waals surface area (Å²) in [5.41, 5.74) is 18.8. The van der Waals surface area contributed by atoms with E-state index in [-0.39, 0.29) is 0 Å². The molecule has 12 aromatic carbocycles. The first kappa shape index (κ1) is 40.8. The Hall–Kier alpha value is -9.24. The average Bonchev–Trinajstić information content (AvgIpc) is 3.94. The molecular formula is C69H46N2. The van der Waals surface area contributed by atoms with Gasteiger partial charge in [0, 0.05) is 33.2 Å². The zero-order valence-corrected chi connectivity index (χ0v) is 39.0. The number of hydrogen-bond acceptors (Lipinski definition) is 1. The van der Waals surface area contributed by atoms with E-state index in [4.69, 9.17) is 0 Å². The van der Waals surface area contributed by atoms with Crippen molar-refractivity contribution in [2.75, 3.05) is 4.90 Å². The summed E-state index contributed by atoms with van der Waals surface area (Å²) in [4.78, 5) is 2.40. The third-order valence-electron chi connectivity index (χ3n) is 15.0. The van der Waals surface area contributed by atoms with Gasteiger partial charge >= 0.3 is 0 Å². The number of aromatic nitrogens is 1. The van der Waals surface area contributed by atoms with Crippen LogP contribution in [0.3, 0.4) is 0 Å². The van der Waals surface area contributed by atoms with Crippen molar-refractivity contribution in [3.05, 3.63) is 301 Å². The van der Waals surface area contributed by atoms with Crippen molar-refractivity contribution >= 4 is 60.4 Å². The average molecular weight is 903 g/mol. The number of para-hydroxylation sites is 1. The number of anilines is 3. The standard InChI is InChI=1S/C69H46N2/c1-3-22-52(23-4-1)69(53-24-5-2-6-25-53)64-31-15-13-29-60(64)61-43-41-56(46-65(61)69)71-67-32-16-14-30-62(67)63-42-37-51(45-68(63)71)58-27-12-11-26-57(58)49-35-38-54(39-36-49)70(55-40-34-47-18-7-8-20-50(47)44-55)66-33-17-21-48-19-9-10-28-59(48)66/h1-46H. The number of benzene rings is 12. The fourth-order valence-electron chi connectivity index (χ4n) is 11.9. The van der Waals surface area contributed by atoms with Crippen LogP contribution in [0.2, 0.25) is 0 Å². The second-order valence-corrected chi connectivity index (χ2v) is 18.8. The van der Waals surface area contributed by atoms with Crippen LogP contribution in [0, 0.1) is 0 Å². The van der Waals surface area contributed by atoms with Crippen LogP contribution in [0.4, 0.5) is 17.1 Å². The van der Waals surface area contributed by atoms with Gasteiger partial charge < -0.3 is 9.47 Å². The van der Waals surface area contributed by atoms with Crippen LogP contribution in [-0.2, 0) is 5.41 Å². The van der Waals surface area contributed by atoms with Crippen LogP contribution >= 0.6 is 0 Å². The van der Waals surface area contributed by atoms with Crippen molar-refractivity contribution in [3.63, 3.8) is 0 Å². The van der Waals surface area contributed by atoms with E-state index in [2.05, 4.69) is 289 Å². The molecule has 13 aromatic rings. The molecule has 332 valence electrons. The molecule has 1 aromatic heterocycles. The highest BCUT2D eigenvalue weighted by molar-refractivity contribution is 6.11. The van der Waals surface area contributed by atoms with E-state index in [0.29, 0.717) is 0 Å². The van der Waals surface area contributed by atoms with Crippen LogP contribution in [0.25, 0.3) is 82.4 Å². The predicted octanol–water partition coefficient (Wildman–Crippen LogP) is 18.3. The first-order chi connectivity index (χ1) is 35.2. The Bertz CT molecular complexity index is 4120. The van der Waals surface area contributed by atoms with Crippen molar-refractivity contribution in [2.45, 2.75) is 5.41 Å². The van der Waals surface area contributed by atoms with Gasteiger partial charge in [0.05, 0.1) is 22.1 Å². The highest BCUT2D eigenvalue weighted by Crippen LogP contribution is 2.57. The van der Waals surface area contributed by atoms with Gasteiger partial charge in [-0.2, -0.15) is 0 Å². The minimum Gasteiger partial charge on any atom is -0.310 e. The Balaban J connectivity index is 0.911. The second-order valence-electron chi connectivity index (χ2n) is 18.8. The van der Waals surface area contributed by atoms with Crippen LogP contribution in [0.15, 0.2) is 279 Å². The Labute approximate surface area is 413 Å². The molecule has 2 nitrogen and oxygen atoms in total. The first-order valence-electron chi connectivity index (χ1n) is 24.6. The largest absolute Gasteiger partial charge is 0.310 e. The summed E-state index contributed by atoms with van der Waals surface area (Å²) in [6.45, 7) is 0. The topological polar surface area (TPSA) is 8.17 Å². The SMILES string of the molecule is c1ccc(C2(c3ccccc3)c3ccccc3-c3ccc(-n4c5ccccc5c5ccc(-c6ccccc6-c6ccc(N(c7ccc8ccccc8c7)c7cccc8ccccc78)cc6)cc54)cc32)cc1. The molecular weight excluding hydrogens is 857 g/mol. The molecule has 0 atom stereocenters. The molecule has 2 heteroatoms. The monoisotopic (exact) mass is 902 g/mol. The van der Waals surface area contributed by atoms with Crippen molar-refractivity contribution in [3.8, 4) is 39.1 Å². The van der Waals surface area contributed by atoms with E-state index in [1.165, 1.54) is 93.4 Å². The first-order valence-corrected chi connectivity index (χ1v) is 24.6. The molecule has 1 aliphatic rings. The van der Waals surface area contributed by atoms with E-state index in [9.17, 15) is 0 Å². The summed E-state index contributed by atoms with van der Waals surface area (Å²) in [6, 6.07) is 103. The lowest BCUT2D eigenvalue weighted by Gasteiger charge is -2.34. The number of rotatable bonds is 8. The van der Waals surface area contributed by atoms with Gasteiger partial charge in [-0.15, -0.1) is 0 Å². The van der Waals surface area contributed by atoms with Crippen LogP contribution in [0.1, 0.15) is 22.3 Å². The van der Waals surface area contributed by atoms with Crippen LogP contribution in [0.5, 0.6) is 0 Å². The maximum atomic E-state index is 2.49. The Morgan fingerprint density at radius 3 is 1.63 bits per heavy atom. The van der Waals surface area contributed by atoms with E-state index >= 15 is 0 Å². The highest BCUT2D eigenvalue weighted by atomic mass is 15.1. The molecule has 0 saturated heterocycles. The molecule has 0 aliphatic heterocycles. The number of hydrogen-bond donors (Lipinski definition) is 0. The van der Waals surface area contributed by atoms with Crippen LogP contribution < -0.4 is 4.90 Å². The Morgan fingerprint density at radius 2 is 0.859 bits per heavy atom. The number of nitrogens with zero attached hydrogens (tertiary/aromatic N) is 2. The van der Waals surface area contributed by atoms with E-state index in [1.54, 1.807) is 0 Å². The van der Waals surface area contributed by atoms with Crippen molar-refractivity contribution in [2.24, 2.45) is 0 Å². The van der Waals surface area contributed by atoms with Gasteiger partial charge in [-0.3, -0.25) is 0 Å². The number of fused-ring (bicyclic) bond motifs is 8. The summed E-state index contributed by atoms with van der Waals surface area (Å²) < 4.78 is 2.49. The van der Waals surface area contributed by atoms with Gasteiger partial charge in [-0.05, 0) is 126 Å². The highest BCUT2D eigenvalue weighted by Gasteiger charge is 2.46. The summed E-state index contributed by atoms with van der Waals surface area (Å²) in [5, 5.41) is 7.33. The van der Waals surface area contributed by atoms with Crippen molar-refractivity contribution in [1.29, 1.82) is 0 Å². The van der Waals surface area contributed by atoms with E-state index < -0.39 is 5.41 Å². The summed E-state index contributed by atoms with van der Waals surface area (Å²) in [6.07, 6.45) is 0. The summed E-state index contributed by atoms with van der Waals surface area (Å²) >= 11 is 0. The minimum atomic E-state index is -0.496. The molecule has 0 bridgehead atoms. The normalized spacial score (nSPS) is 12.6. The molecule has 0 N–H and O–H groups in total. The molecule has 0 spiro atoms. The summed E-state index contributed by atoms with van der Waals surface area (Å²) in [5.74, 6) is 0. The molecule has 0 radical (unpaired) electrons.